The molecule has 212 valence electrons. The van der Waals surface area contributed by atoms with E-state index >= 15 is 0 Å². The molecule has 0 aliphatic carbocycles. The molecule has 0 N–H and O–H groups in total. The lowest BCUT2D eigenvalue weighted by Crippen LogP contribution is -2.54. The number of ether oxygens (including phenoxy) is 1. The number of terminal acetylenes is 1. The van der Waals surface area contributed by atoms with E-state index in [0.717, 1.165) is 0 Å². The largest absolute Gasteiger partial charge is 0.414 e. The highest BCUT2D eigenvalue weighted by Crippen LogP contribution is 2.46. The smallest absolute Gasteiger partial charge is 0.225 e. The van der Waals surface area contributed by atoms with Gasteiger partial charge in [-0.2, -0.15) is 0 Å². The molecule has 7 nitrogen and oxygen atoms in total. The van der Waals surface area contributed by atoms with Gasteiger partial charge in [-0.15, -0.1) is 11.5 Å². The molecule has 10 heteroatoms. The zero-order valence-corrected chi connectivity index (χ0v) is 29.1. The zero-order valence-electron chi connectivity index (χ0n) is 26.1. The van der Waals surface area contributed by atoms with Gasteiger partial charge in [0, 0.05) is 0 Å². The first-order valence-corrected chi connectivity index (χ1v) is 22.2. The van der Waals surface area contributed by atoms with Crippen molar-refractivity contribution >= 4 is 25.0 Å². The molecule has 1 aromatic rings. The van der Waals surface area contributed by atoms with Crippen molar-refractivity contribution in [1.82, 2.24) is 14.8 Å². The minimum Gasteiger partial charge on any atom is -0.414 e. The van der Waals surface area contributed by atoms with E-state index in [4.69, 9.17) is 24.4 Å². The van der Waals surface area contributed by atoms with E-state index in [1.54, 1.807) is 11.0 Å². The molecule has 2 rings (SSSR count). The fraction of sp³-hybridized carbons (Fsp3) is 0.852. The Morgan fingerprint density at radius 2 is 1.30 bits per heavy atom. The van der Waals surface area contributed by atoms with Crippen molar-refractivity contribution in [3.05, 3.63) is 12.2 Å². The number of rotatable bonds is 8. The normalized spacial score (nSPS) is 24.4. The number of nitrogens with zero attached hydrogens (tertiary/aromatic N) is 3. The highest BCUT2D eigenvalue weighted by atomic mass is 28.4. The average molecular weight is 568 g/mol. The minimum absolute atomic E-state index is 0.0150. The Kier molecular flexibility index (Phi) is 9.31. The molecule has 0 unspecified atom stereocenters. The van der Waals surface area contributed by atoms with Gasteiger partial charge < -0.3 is 18.0 Å². The monoisotopic (exact) mass is 567 g/mol. The van der Waals surface area contributed by atoms with Crippen molar-refractivity contribution in [3.8, 4) is 12.3 Å². The molecule has 0 bridgehead atoms. The molecule has 1 aromatic heterocycles. The number of hydrogen-bond donors (Lipinski definition) is 0. The van der Waals surface area contributed by atoms with Gasteiger partial charge in [-0.3, -0.25) is 0 Å². The van der Waals surface area contributed by atoms with Crippen molar-refractivity contribution in [2.45, 2.75) is 141 Å². The van der Waals surface area contributed by atoms with Crippen molar-refractivity contribution in [2.75, 3.05) is 6.61 Å². The molecular weight excluding hydrogens is 515 g/mol. The summed E-state index contributed by atoms with van der Waals surface area (Å²) in [7, 11) is -6.41. The first-order chi connectivity index (χ1) is 16.4. The van der Waals surface area contributed by atoms with Crippen LogP contribution in [0.2, 0.25) is 54.4 Å². The molecule has 0 saturated carbocycles. The third kappa shape index (κ3) is 7.24. The van der Waals surface area contributed by atoms with Crippen LogP contribution in [-0.2, 0) is 18.0 Å². The number of hydrogen-bond acceptors (Lipinski definition) is 6. The zero-order chi connectivity index (χ0) is 28.8. The summed E-state index contributed by atoms with van der Waals surface area (Å²) in [4.78, 5) is 4.28. The highest BCUT2D eigenvalue weighted by molar-refractivity contribution is 6.75. The summed E-state index contributed by atoms with van der Waals surface area (Å²) in [5.41, 5.74) is 0. The summed E-state index contributed by atoms with van der Waals surface area (Å²) in [6.45, 7) is 34.3. The second-order valence-corrected chi connectivity index (χ2v) is 29.3. The summed E-state index contributed by atoms with van der Waals surface area (Å²) >= 11 is 0. The molecule has 0 spiro atoms. The van der Waals surface area contributed by atoms with Crippen molar-refractivity contribution in [2.24, 2.45) is 0 Å². The molecule has 1 fully saturated rings. The van der Waals surface area contributed by atoms with Gasteiger partial charge in [0.25, 0.3) is 0 Å². The van der Waals surface area contributed by atoms with E-state index in [9.17, 15) is 0 Å². The predicted molar refractivity (Wildman–Crippen MR) is 159 cm³/mol. The first-order valence-electron chi connectivity index (χ1n) is 13.5. The van der Waals surface area contributed by atoms with Crippen LogP contribution in [0.1, 0.15) is 74.4 Å². The Morgan fingerprint density at radius 1 is 0.838 bits per heavy atom. The topological polar surface area (TPSA) is 67.6 Å². The maximum absolute atomic E-state index is 7.13. The van der Waals surface area contributed by atoms with Gasteiger partial charge in [0.2, 0.25) is 5.82 Å². The molecule has 1 saturated heterocycles. The molecular formula is C27H53N3O4Si3. The van der Waals surface area contributed by atoms with E-state index in [1.807, 2.05) is 0 Å². The van der Waals surface area contributed by atoms with E-state index < -0.39 is 31.2 Å². The Labute approximate surface area is 229 Å². The molecule has 1 aliphatic heterocycles. The van der Waals surface area contributed by atoms with Crippen LogP contribution in [0.4, 0.5) is 0 Å². The molecule has 0 aromatic carbocycles. The Balaban J connectivity index is 2.58. The first kappa shape index (κ1) is 32.4. The predicted octanol–water partition coefficient (Wildman–Crippen LogP) is 6.96. The highest BCUT2D eigenvalue weighted by Gasteiger charge is 2.55. The van der Waals surface area contributed by atoms with Gasteiger partial charge in [0.15, 0.2) is 31.2 Å². The molecule has 37 heavy (non-hydrogen) atoms. The lowest BCUT2D eigenvalue weighted by molar-refractivity contribution is -0.0548. The van der Waals surface area contributed by atoms with Gasteiger partial charge in [-0.1, -0.05) is 62.3 Å². The van der Waals surface area contributed by atoms with E-state index in [1.165, 1.54) is 0 Å². The minimum atomic E-state index is -2.21. The van der Waals surface area contributed by atoms with Gasteiger partial charge in [0.05, 0.1) is 6.61 Å². The molecule has 2 heterocycles. The third-order valence-corrected chi connectivity index (χ3v) is 22.5. The van der Waals surface area contributed by atoms with Crippen LogP contribution in [0, 0.1) is 12.3 Å². The fourth-order valence-electron chi connectivity index (χ4n) is 3.33. The van der Waals surface area contributed by atoms with Crippen LogP contribution in [0.15, 0.2) is 6.33 Å². The summed E-state index contributed by atoms with van der Waals surface area (Å²) in [5.74, 6) is 2.86. The average Bonchev–Trinajstić information content (AvgIpc) is 3.29. The maximum Gasteiger partial charge on any atom is 0.225 e. The maximum atomic E-state index is 7.13. The Morgan fingerprint density at radius 3 is 1.70 bits per heavy atom. The molecule has 1 aliphatic rings. The SMILES string of the molecule is C#Cc1ncn([C@@H]2O[C@H](CO[Si](C)(C)C(C)(C)C)[C@@H](O[Si](C)(C)C(C)(C)C)[C@H]2O[Si](C)(C)C(C)(C)C)n1. The van der Waals surface area contributed by atoms with E-state index in [2.05, 4.69) is 118 Å². The molecule has 0 amide bonds. The van der Waals surface area contributed by atoms with Gasteiger partial charge in [-0.25, -0.2) is 9.67 Å². The quantitative estimate of drug-likeness (QED) is 0.250. The Hall–Kier alpha value is -0.809. The lowest BCUT2D eigenvalue weighted by Gasteiger charge is -2.44. The number of aromatic nitrogens is 3. The molecule has 0 radical (unpaired) electrons. The van der Waals surface area contributed by atoms with Crippen molar-refractivity contribution in [3.63, 3.8) is 0 Å². The van der Waals surface area contributed by atoms with Crippen molar-refractivity contribution < 1.29 is 18.0 Å². The summed E-state index contributed by atoms with van der Waals surface area (Å²) in [5, 5.41) is 4.65. The summed E-state index contributed by atoms with van der Waals surface area (Å²) in [6.07, 6.45) is 5.75. The van der Waals surface area contributed by atoms with Crippen LogP contribution in [0.3, 0.4) is 0 Å². The van der Waals surface area contributed by atoms with Gasteiger partial charge >= 0.3 is 0 Å². The fourth-order valence-corrected chi connectivity index (χ4v) is 6.95. The lowest BCUT2D eigenvalue weighted by atomic mass is 10.1. The van der Waals surface area contributed by atoms with Gasteiger partial charge in [-0.05, 0) is 60.3 Å². The van der Waals surface area contributed by atoms with Crippen LogP contribution in [-0.4, -0.2) is 64.6 Å². The summed E-state index contributed by atoms with van der Waals surface area (Å²) < 4.78 is 29.4. The summed E-state index contributed by atoms with van der Waals surface area (Å²) in [6, 6.07) is 0. The van der Waals surface area contributed by atoms with Crippen LogP contribution in [0.25, 0.3) is 0 Å². The second-order valence-electron chi connectivity index (χ2n) is 15.0. The standard InChI is InChI=1S/C27H53N3O4Si3/c1-17-21-28-19-30(29-21)24-23(34-37(15,16)27(8,9)10)22(33-36(13,14)26(5,6)7)20(32-24)18-31-35(11,12)25(2,3)4/h1,19-20,22-24H,18H2,2-16H3/t20-,22-,23-,24-/m1/s1. The third-order valence-electron chi connectivity index (χ3n) is 9.07. The van der Waals surface area contributed by atoms with Crippen LogP contribution in [0.5, 0.6) is 0 Å². The van der Waals surface area contributed by atoms with E-state index in [-0.39, 0.29) is 33.4 Å². The van der Waals surface area contributed by atoms with Crippen molar-refractivity contribution in [1.29, 1.82) is 0 Å². The van der Waals surface area contributed by atoms with Gasteiger partial charge in [0.1, 0.15) is 24.6 Å². The van der Waals surface area contributed by atoms with Crippen LogP contribution < -0.4 is 0 Å². The van der Waals surface area contributed by atoms with Crippen LogP contribution >= 0.6 is 0 Å². The second kappa shape index (κ2) is 10.6. The Bertz CT molecular complexity index is 965. The van der Waals surface area contributed by atoms with E-state index in [0.29, 0.717) is 12.4 Å². The molecule has 4 atom stereocenters.